The predicted molar refractivity (Wildman–Crippen MR) is 108 cm³/mol. The zero-order valence-corrected chi connectivity index (χ0v) is 15.3. The summed E-state index contributed by atoms with van der Waals surface area (Å²) in [4.78, 5) is 2.70. The van der Waals surface area contributed by atoms with Gasteiger partial charge in [-0.05, 0) is 39.1 Å². The Bertz CT molecular complexity index is 864. The molecule has 1 heterocycles. The molecule has 1 N–H and O–H groups in total. The summed E-state index contributed by atoms with van der Waals surface area (Å²) in [7, 11) is 0. The van der Waals surface area contributed by atoms with Crippen LogP contribution < -0.4 is 5.32 Å². The van der Waals surface area contributed by atoms with Crippen LogP contribution in [0.3, 0.4) is 0 Å². The number of nitrogens with one attached hydrogen (secondary N) is 1. The zero-order chi connectivity index (χ0) is 17.2. The molecule has 2 heteroatoms. The van der Waals surface area contributed by atoms with Crippen molar-refractivity contribution in [3.8, 4) is 0 Å². The number of rotatable bonds is 4. The summed E-state index contributed by atoms with van der Waals surface area (Å²) in [5.74, 6) is 0.641. The maximum absolute atomic E-state index is 3.50. The van der Waals surface area contributed by atoms with E-state index in [2.05, 4.69) is 78.7 Å². The number of benzene rings is 3. The molecule has 2 nitrogen and oxygen atoms in total. The van der Waals surface area contributed by atoms with E-state index in [1.54, 1.807) is 0 Å². The third-order valence-electron chi connectivity index (χ3n) is 5.85. The number of piperazine rings is 1. The van der Waals surface area contributed by atoms with Gasteiger partial charge in [-0.15, -0.1) is 0 Å². The minimum atomic E-state index is 0.488. The second-order valence-electron chi connectivity index (χ2n) is 7.35. The maximum atomic E-state index is 3.50. The van der Waals surface area contributed by atoms with Gasteiger partial charge >= 0.3 is 0 Å². The molecule has 2 atom stereocenters. The van der Waals surface area contributed by atoms with Gasteiger partial charge in [0.05, 0.1) is 0 Å². The molecule has 1 aliphatic rings. The highest BCUT2D eigenvalue weighted by atomic mass is 15.2. The van der Waals surface area contributed by atoms with Crippen LogP contribution >= 0.6 is 0 Å². The second-order valence-corrected chi connectivity index (χ2v) is 7.35. The number of hydrogen-bond donors (Lipinski definition) is 1. The van der Waals surface area contributed by atoms with E-state index in [0.717, 1.165) is 26.2 Å². The normalized spacial score (nSPS) is 18.5. The van der Waals surface area contributed by atoms with Gasteiger partial charge in [0.25, 0.3) is 0 Å². The average molecular weight is 332 g/mol. The molecule has 3 aromatic carbocycles. The molecule has 0 saturated carbocycles. The molecule has 1 saturated heterocycles. The number of nitrogens with zero attached hydrogens (tertiary/aromatic N) is 1. The SMILES string of the molecule is CCC(C)[C@H](c1cc2ccccc2c2ccccc12)N1CCNCC1. The molecule has 0 aliphatic carbocycles. The van der Waals surface area contributed by atoms with Gasteiger partial charge < -0.3 is 5.32 Å². The van der Waals surface area contributed by atoms with E-state index in [4.69, 9.17) is 0 Å². The van der Waals surface area contributed by atoms with Gasteiger partial charge in [-0.3, -0.25) is 4.90 Å². The molecule has 1 unspecified atom stereocenters. The van der Waals surface area contributed by atoms with Gasteiger partial charge in [-0.2, -0.15) is 0 Å². The van der Waals surface area contributed by atoms with Crippen LogP contribution in [-0.2, 0) is 0 Å². The second kappa shape index (κ2) is 7.15. The van der Waals surface area contributed by atoms with Gasteiger partial charge in [0, 0.05) is 32.2 Å². The highest BCUT2D eigenvalue weighted by Gasteiger charge is 2.28. The first-order valence-electron chi connectivity index (χ1n) is 9.64. The van der Waals surface area contributed by atoms with E-state index in [1.165, 1.54) is 33.5 Å². The molecule has 0 amide bonds. The quantitative estimate of drug-likeness (QED) is 0.677. The van der Waals surface area contributed by atoms with E-state index in [0.29, 0.717) is 12.0 Å². The summed E-state index contributed by atoms with van der Waals surface area (Å²) in [6.45, 7) is 9.20. The smallest absolute Gasteiger partial charge is 0.0381 e. The standard InChI is InChI=1S/C23H28N2/c1-3-17(2)23(25-14-12-24-13-15-25)22-16-18-8-4-5-9-19(18)20-10-6-7-11-21(20)22/h4-11,16-17,23-24H,3,12-15H2,1-2H3/t17?,23-/m1/s1. The molecule has 0 radical (unpaired) electrons. The first-order valence-corrected chi connectivity index (χ1v) is 9.64. The van der Waals surface area contributed by atoms with Crippen molar-refractivity contribution >= 4 is 21.5 Å². The van der Waals surface area contributed by atoms with Crippen LogP contribution in [0.4, 0.5) is 0 Å². The molecule has 0 spiro atoms. The van der Waals surface area contributed by atoms with E-state index in [1.807, 2.05) is 0 Å². The fourth-order valence-corrected chi connectivity index (χ4v) is 4.37. The molecule has 130 valence electrons. The molecule has 3 aromatic rings. The van der Waals surface area contributed by atoms with Crippen LogP contribution in [0.2, 0.25) is 0 Å². The third-order valence-corrected chi connectivity index (χ3v) is 5.85. The third kappa shape index (κ3) is 3.05. The molecule has 25 heavy (non-hydrogen) atoms. The summed E-state index contributed by atoms with van der Waals surface area (Å²) in [6, 6.07) is 20.7. The monoisotopic (exact) mass is 332 g/mol. The highest BCUT2D eigenvalue weighted by Crippen LogP contribution is 2.38. The van der Waals surface area contributed by atoms with Crippen molar-refractivity contribution in [1.29, 1.82) is 0 Å². The Kier molecular flexibility index (Phi) is 4.74. The summed E-state index contributed by atoms with van der Waals surface area (Å²) in [5.41, 5.74) is 1.51. The summed E-state index contributed by atoms with van der Waals surface area (Å²) in [5, 5.41) is 9.04. The van der Waals surface area contributed by atoms with Crippen LogP contribution in [0.15, 0.2) is 54.6 Å². The molecular formula is C23H28N2. The van der Waals surface area contributed by atoms with Crippen LogP contribution in [-0.4, -0.2) is 31.1 Å². The Hall–Kier alpha value is -1.90. The maximum Gasteiger partial charge on any atom is 0.0381 e. The van der Waals surface area contributed by atoms with E-state index < -0.39 is 0 Å². The van der Waals surface area contributed by atoms with Crippen molar-refractivity contribution in [2.24, 2.45) is 5.92 Å². The Morgan fingerprint density at radius 3 is 2.28 bits per heavy atom. The van der Waals surface area contributed by atoms with Crippen LogP contribution in [0.1, 0.15) is 31.9 Å². The highest BCUT2D eigenvalue weighted by molar-refractivity contribution is 6.09. The molecule has 4 rings (SSSR count). The van der Waals surface area contributed by atoms with Crippen LogP contribution in [0, 0.1) is 5.92 Å². The van der Waals surface area contributed by atoms with E-state index in [9.17, 15) is 0 Å². The van der Waals surface area contributed by atoms with Crippen molar-refractivity contribution in [2.45, 2.75) is 26.3 Å². The fourth-order valence-electron chi connectivity index (χ4n) is 4.37. The van der Waals surface area contributed by atoms with Gasteiger partial charge in [-0.25, -0.2) is 0 Å². The lowest BCUT2D eigenvalue weighted by atomic mass is 9.85. The Morgan fingerprint density at radius 2 is 1.56 bits per heavy atom. The van der Waals surface area contributed by atoms with Gasteiger partial charge in [0.15, 0.2) is 0 Å². The fraction of sp³-hybridized carbons (Fsp3) is 0.391. The van der Waals surface area contributed by atoms with Gasteiger partial charge in [0.1, 0.15) is 0 Å². The predicted octanol–water partition coefficient (Wildman–Crippen LogP) is 4.99. The number of fused-ring (bicyclic) bond motifs is 3. The van der Waals surface area contributed by atoms with Gasteiger partial charge in [0.2, 0.25) is 0 Å². The molecule has 0 bridgehead atoms. The van der Waals surface area contributed by atoms with E-state index >= 15 is 0 Å². The molecule has 0 aromatic heterocycles. The first kappa shape index (κ1) is 16.6. The Morgan fingerprint density at radius 1 is 0.920 bits per heavy atom. The molecule has 1 aliphatic heterocycles. The minimum Gasteiger partial charge on any atom is -0.314 e. The topological polar surface area (TPSA) is 15.3 Å². The van der Waals surface area contributed by atoms with Crippen LogP contribution in [0.25, 0.3) is 21.5 Å². The summed E-state index contributed by atoms with van der Waals surface area (Å²) < 4.78 is 0. The van der Waals surface area contributed by atoms with Gasteiger partial charge in [-0.1, -0.05) is 68.8 Å². The van der Waals surface area contributed by atoms with Crippen molar-refractivity contribution in [3.63, 3.8) is 0 Å². The van der Waals surface area contributed by atoms with Crippen molar-refractivity contribution in [3.05, 3.63) is 60.2 Å². The Balaban J connectivity index is 1.94. The average Bonchev–Trinajstić information content (AvgIpc) is 2.69. The molecule has 1 fully saturated rings. The zero-order valence-electron chi connectivity index (χ0n) is 15.3. The van der Waals surface area contributed by atoms with Crippen molar-refractivity contribution in [1.82, 2.24) is 10.2 Å². The lowest BCUT2D eigenvalue weighted by Gasteiger charge is -2.39. The summed E-state index contributed by atoms with van der Waals surface area (Å²) in [6.07, 6.45) is 1.20. The lowest BCUT2D eigenvalue weighted by molar-refractivity contribution is 0.129. The van der Waals surface area contributed by atoms with Crippen molar-refractivity contribution in [2.75, 3.05) is 26.2 Å². The lowest BCUT2D eigenvalue weighted by Crippen LogP contribution is -2.46. The number of hydrogen-bond acceptors (Lipinski definition) is 2. The first-order chi connectivity index (χ1) is 12.3. The minimum absolute atomic E-state index is 0.488. The largest absolute Gasteiger partial charge is 0.314 e. The van der Waals surface area contributed by atoms with Crippen LogP contribution in [0.5, 0.6) is 0 Å². The molecular weight excluding hydrogens is 304 g/mol. The van der Waals surface area contributed by atoms with Crippen molar-refractivity contribution < 1.29 is 0 Å². The van der Waals surface area contributed by atoms with E-state index in [-0.39, 0.29) is 0 Å². The Labute approximate surface area is 150 Å². The summed E-state index contributed by atoms with van der Waals surface area (Å²) >= 11 is 0.